The summed E-state index contributed by atoms with van der Waals surface area (Å²) in [5.41, 5.74) is 0. The first kappa shape index (κ1) is 14.8. The smallest absolute Gasteiger partial charge is 0.0111 e. The Morgan fingerprint density at radius 2 is 1.85 bits per heavy atom. The molecule has 2 saturated heterocycles. The second-order valence-corrected chi connectivity index (χ2v) is 7.16. The minimum Gasteiger partial charge on any atom is -0.316 e. The number of hydrogen-bond acceptors (Lipinski definition) is 3. The van der Waals surface area contributed by atoms with E-state index in [2.05, 4.69) is 22.0 Å². The first-order valence-corrected chi connectivity index (χ1v) is 9.05. The van der Waals surface area contributed by atoms with Crippen molar-refractivity contribution >= 4 is 0 Å². The maximum Gasteiger partial charge on any atom is 0.0111 e. The van der Waals surface area contributed by atoms with Crippen molar-refractivity contribution in [3.8, 4) is 0 Å². The zero-order valence-corrected chi connectivity index (χ0v) is 13.3. The van der Waals surface area contributed by atoms with Gasteiger partial charge in [0.1, 0.15) is 0 Å². The van der Waals surface area contributed by atoms with Crippen LogP contribution in [0.1, 0.15) is 51.9 Å². The van der Waals surface area contributed by atoms with Crippen molar-refractivity contribution in [3.63, 3.8) is 0 Å². The van der Waals surface area contributed by atoms with Gasteiger partial charge in [0.2, 0.25) is 0 Å². The standard InChI is InChI=1S/C17H33N3/c1-2-19-11-4-6-16(9-12-19)20(17-7-8-17)14-15-5-3-10-18-13-15/h15-18H,2-14H2,1H3. The Morgan fingerprint density at radius 1 is 1.00 bits per heavy atom. The summed E-state index contributed by atoms with van der Waals surface area (Å²) < 4.78 is 0. The summed E-state index contributed by atoms with van der Waals surface area (Å²) in [4.78, 5) is 5.57. The van der Waals surface area contributed by atoms with Crippen molar-refractivity contribution in [3.05, 3.63) is 0 Å². The topological polar surface area (TPSA) is 18.5 Å². The van der Waals surface area contributed by atoms with Gasteiger partial charge in [0.15, 0.2) is 0 Å². The maximum absolute atomic E-state index is 3.60. The van der Waals surface area contributed by atoms with Crippen LogP contribution in [0.4, 0.5) is 0 Å². The number of nitrogens with one attached hydrogen (secondary N) is 1. The zero-order chi connectivity index (χ0) is 13.8. The van der Waals surface area contributed by atoms with Gasteiger partial charge in [-0.3, -0.25) is 4.90 Å². The second-order valence-electron chi connectivity index (χ2n) is 7.16. The molecular weight excluding hydrogens is 246 g/mol. The highest BCUT2D eigenvalue weighted by Crippen LogP contribution is 2.33. The van der Waals surface area contributed by atoms with Crippen LogP contribution in [-0.4, -0.2) is 61.2 Å². The van der Waals surface area contributed by atoms with E-state index in [9.17, 15) is 0 Å². The number of piperidine rings is 1. The van der Waals surface area contributed by atoms with Crippen molar-refractivity contribution in [1.82, 2.24) is 15.1 Å². The fourth-order valence-corrected chi connectivity index (χ4v) is 4.17. The molecule has 3 fully saturated rings. The average molecular weight is 279 g/mol. The number of rotatable bonds is 5. The Bertz CT molecular complexity index is 284. The third kappa shape index (κ3) is 3.96. The molecule has 0 bridgehead atoms. The summed E-state index contributed by atoms with van der Waals surface area (Å²) in [6.07, 6.45) is 10.0. The lowest BCUT2D eigenvalue weighted by Gasteiger charge is -2.36. The molecule has 2 unspecified atom stereocenters. The van der Waals surface area contributed by atoms with Crippen molar-refractivity contribution in [2.24, 2.45) is 5.92 Å². The summed E-state index contributed by atoms with van der Waals surface area (Å²) >= 11 is 0. The molecular formula is C17H33N3. The molecule has 3 heteroatoms. The Kier molecular flexibility index (Phi) is 5.36. The molecule has 0 spiro atoms. The molecule has 2 heterocycles. The van der Waals surface area contributed by atoms with Crippen molar-refractivity contribution in [2.45, 2.75) is 64.0 Å². The summed E-state index contributed by atoms with van der Waals surface area (Å²) in [6.45, 7) is 10.1. The van der Waals surface area contributed by atoms with E-state index in [0.29, 0.717) is 0 Å². The minimum absolute atomic E-state index is 0.876. The largest absolute Gasteiger partial charge is 0.316 e. The summed E-state index contributed by atoms with van der Waals surface area (Å²) in [7, 11) is 0. The SMILES string of the molecule is CCN1CCCC(N(CC2CCCNC2)C2CC2)CC1. The first-order chi connectivity index (χ1) is 9.86. The van der Waals surface area contributed by atoms with Crippen LogP contribution < -0.4 is 5.32 Å². The van der Waals surface area contributed by atoms with Gasteiger partial charge in [0.05, 0.1) is 0 Å². The molecule has 2 aliphatic heterocycles. The van der Waals surface area contributed by atoms with Crippen LogP contribution in [0, 0.1) is 5.92 Å². The van der Waals surface area contributed by atoms with Gasteiger partial charge in [-0.15, -0.1) is 0 Å². The van der Waals surface area contributed by atoms with Crippen molar-refractivity contribution < 1.29 is 0 Å². The predicted molar refractivity (Wildman–Crippen MR) is 85.1 cm³/mol. The normalized spacial score (nSPS) is 33.3. The molecule has 0 aromatic rings. The molecule has 0 radical (unpaired) electrons. The molecule has 116 valence electrons. The van der Waals surface area contributed by atoms with Crippen LogP contribution in [0.3, 0.4) is 0 Å². The molecule has 3 nitrogen and oxygen atoms in total. The molecule has 1 aliphatic carbocycles. The van der Waals surface area contributed by atoms with Crippen molar-refractivity contribution in [2.75, 3.05) is 39.3 Å². The van der Waals surface area contributed by atoms with Gasteiger partial charge >= 0.3 is 0 Å². The summed E-state index contributed by atoms with van der Waals surface area (Å²) in [5, 5.41) is 3.60. The van der Waals surface area contributed by atoms with Gasteiger partial charge in [-0.1, -0.05) is 6.92 Å². The lowest BCUT2D eigenvalue weighted by molar-refractivity contribution is 0.132. The molecule has 2 atom stereocenters. The highest BCUT2D eigenvalue weighted by atomic mass is 15.2. The Labute approximate surface area is 125 Å². The molecule has 0 amide bonds. The van der Waals surface area contributed by atoms with E-state index < -0.39 is 0 Å². The molecule has 1 N–H and O–H groups in total. The minimum atomic E-state index is 0.876. The number of likely N-dealkylation sites (tertiary alicyclic amines) is 1. The van der Waals surface area contributed by atoms with E-state index in [1.807, 2.05) is 0 Å². The fraction of sp³-hybridized carbons (Fsp3) is 1.00. The third-order valence-corrected chi connectivity index (χ3v) is 5.59. The van der Waals surface area contributed by atoms with E-state index in [1.54, 1.807) is 0 Å². The van der Waals surface area contributed by atoms with E-state index in [4.69, 9.17) is 0 Å². The third-order valence-electron chi connectivity index (χ3n) is 5.59. The van der Waals surface area contributed by atoms with Crippen LogP contribution in [-0.2, 0) is 0 Å². The molecule has 3 rings (SSSR count). The lowest BCUT2D eigenvalue weighted by Crippen LogP contribution is -2.44. The Hall–Kier alpha value is -0.120. The Morgan fingerprint density at radius 3 is 2.55 bits per heavy atom. The second kappa shape index (κ2) is 7.24. The highest BCUT2D eigenvalue weighted by Gasteiger charge is 2.35. The monoisotopic (exact) mass is 279 g/mol. The fourth-order valence-electron chi connectivity index (χ4n) is 4.17. The number of nitrogens with zero attached hydrogens (tertiary/aromatic N) is 2. The lowest BCUT2D eigenvalue weighted by atomic mass is 9.97. The maximum atomic E-state index is 3.60. The van der Waals surface area contributed by atoms with Gasteiger partial charge in [0, 0.05) is 18.6 Å². The van der Waals surface area contributed by atoms with E-state index in [0.717, 1.165) is 18.0 Å². The van der Waals surface area contributed by atoms with Crippen LogP contribution in [0.5, 0.6) is 0 Å². The van der Waals surface area contributed by atoms with Gasteiger partial charge in [-0.05, 0) is 83.6 Å². The highest BCUT2D eigenvalue weighted by molar-refractivity contribution is 4.91. The van der Waals surface area contributed by atoms with E-state index >= 15 is 0 Å². The quantitative estimate of drug-likeness (QED) is 0.833. The van der Waals surface area contributed by atoms with Gasteiger partial charge in [0.25, 0.3) is 0 Å². The van der Waals surface area contributed by atoms with Crippen molar-refractivity contribution in [1.29, 1.82) is 0 Å². The van der Waals surface area contributed by atoms with E-state index in [1.165, 1.54) is 84.2 Å². The summed E-state index contributed by atoms with van der Waals surface area (Å²) in [5.74, 6) is 0.912. The molecule has 1 saturated carbocycles. The first-order valence-electron chi connectivity index (χ1n) is 9.05. The van der Waals surface area contributed by atoms with E-state index in [-0.39, 0.29) is 0 Å². The van der Waals surface area contributed by atoms with Gasteiger partial charge in [-0.2, -0.15) is 0 Å². The Balaban J connectivity index is 1.55. The van der Waals surface area contributed by atoms with Gasteiger partial charge < -0.3 is 10.2 Å². The molecule has 20 heavy (non-hydrogen) atoms. The molecule has 0 aromatic carbocycles. The zero-order valence-electron chi connectivity index (χ0n) is 13.3. The van der Waals surface area contributed by atoms with Crippen LogP contribution in [0.2, 0.25) is 0 Å². The number of hydrogen-bond donors (Lipinski definition) is 1. The van der Waals surface area contributed by atoms with Crippen LogP contribution >= 0.6 is 0 Å². The van der Waals surface area contributed by atoms with Crippen LogP contribution in [0.25, 0.3) is 0 Å². The molecule has 0 aromatic heterocycles. The van der Waals surface area contributed by atoms with Gasteiger partial charge in [-0.25, -0.2) is 0 Å². The average Bonchev–Trinajstić information content (AvgIpc) is 3.33. The van der Waals surface area contributed by atoms with Crippen LogP contribution in [0.15, 0.2) is 0 Å². The molecule has 3 aliphatic rings. The predicted octanol–water partition coefficient (Wildman–Crippen LogP) is 2.32. The summed E-state index contributed by atoms with van der Waals surface area (Å²) in [6, 6.07) is 1.82.